The van der Waals surface area contributed by atoms with Gasteiger partial charge in [0, 0.05) is 6.42 Å². The number of esters is 1. The van der Waals surface area contributed by atoms with Crippen molar-refractivity contribution >= 4 is 5.97 Å². The van der Waals surface area contributed by atoms with E-state index in [-0.39, 0.29) is 11.6 Å². The Morgan fingerprint density at radius 2 is 1.38 bits per heavy atom. The van der Waals surface area contributed by atoms with Gasteiger partial charge in [0.2, 0.25) is 0 Å². The Morgan fingerprint density at radius 1 is 1.08 bits per heavy atom. The van der Waals surface area contributed by atoms with Gasteiger partial charge in [0.05, 0.1) is 0 Å². The predicted molar refractivity (Wildman–Crippen MR) is 58.8 cm³/mol. The summed E-state index contributed by atoms with van der Waals surface area (Å²) in [5.41, 5.74) is -0.326. The fraction of sp³-hybridized carbons (Fsp3) is 0.909. The number of hydrogen-bond donors (Lipinski definition) is 0. The molecule has 0 aliphatic heterocycles. The van der Waals surface area contributed by atoms with Gasteiger partial charge < -0.3 is 4.74 Å². The molecule has 0 aliphatic rings. The first-order valence-electron chi connectivity index (χ1n) is 5.17. The molecule has 0 rings (SSSR count). The average molecular weight is 190 g/mol. The van der Waals surface area contributed by atoms with Gasteiger partial charge in [0.15, 0.2) is 0 Å². The Kier molecular flexibility index (Phi) is 16.1. The van der Waals surface area contributed by atoms with E-state index in [9.17, 15) is 4.79 Å². The summed E-state index contributed by atoms with van der Waals surface area (Å²) in [6.07, 6.45) is 0.456. The Morgan fingerprint density at radius 3 is 1.46 bits per heavy atom. The van der Waals surface area contributed by atoms with Gasteiger partial charge in [-0.05, 0) is 20.8 Å². The third-order valence-electron chi connectivity index (χ3n) is 0.709. The number of ether oxygens (including phenoxy) is 1. The van der Waals surface area contributed by atoms with Gasteiger partial charge in [0.1, 0.15) is 5.60 Å². The van der Waals surface area contributed by atoms with Gasteiger partial charge >= 0.3 is 5.97 Å². The maximum Gasteiger partial charge on any atom is 0.306 e. The van der Waals surface area contributed by atoms with E-state index in [4.69, 9.17) is 4.74 Å². The third kappa shape index (κ3) is 24.6. The molecule has 0 bridgehead atoms. The summed E-state index contributed by atoms with van der Waals surface area (Å²) in [5, 5.41) is 0. The van der Waals surface area contributed by atoms with Gasteiger partial charge in [0.25, 0.3) is 0 Å². The van der Waals surface area contributed by atoms with Crippen LogP contribution in [0.25, 0.3) is 0 Å². The van der Waals surface area contributed by atoms with Crippen molar-refractivity contribution in [2.24, 2.45) is 0 Å². The molecule has 0 unspecified atom stereocenters. The molecule has 0 aromatic carbocycles. The lowest BCUT2D eigenvalue weighted by molar-refractivity contribution is -0.154. The standard InChI is InChI=1S/C7H14O2.2C2H6/c1-5-6(8)9-7(2,3)4;2*1-2/h5H2,1-4H3;2*1-2H3. The summed E-state index contributed by atoms with van der Waals surface area (Å²) >= 11 is 0. The molecule has 0 aromatic heterocycles. The Labute approximate surface area is 83.7 Å². The Hall–Kier alpha value is -0.530. The van der Waals surface area contributed by atoms with Crippen molar-refractivity contribution in [2.75, 3.05) is 0 Å². The van der Waals surface area contributed by atoms with Gasteiger partial charge in [-0.2, -0.15) is 0 Å². The van der Waals surface area contributed by atoms with E-state index in [1.807, 2.05) is 48.5 Å². The molecule has 0 atom stereocenters. The summed E-state index contributed by atoms with van der Waals surface area (Å²) in [6.45, 7) is 15.4. The van der Waals surface area contributed by atoms with Crippen molar-refractivity contribution in [1.29, 1.82) is 0 Å². The monoisotopic (exact) mass is 190 g/mol. The van der Waals surface area contributed by atoms with Gasteiger partial charge in [-0.1, -0.05) is 34.6 Å². The van der Waals surface area contributed by atoms with Gasteiger partial charge in [-0.3, -0.25) is 4.79 Å². The molecule has 0 spiro atoms. The average Bonchev–Trinajstić information content (AvgIpc) is 2.09. The fourth-order valence-corrected chi connectivity index (χ4v) is 0.414. The minimum absolute atomic E-state index is 0.137. The van der Waals surface area contributed by atoms with Crippen LogP contribution in [0.15, 0.2) is 0 Å². The topological polar surface area (TPSA) is 26.3 Å². The normalized spacial score (nSPS) is 8.62. The smallest absolute Gasteiger partial charge is 0.306 e. The third-order valence-corrected chi connectivity index (χ3v) is 0.709. The van der Waals surface area contributed by atoms with Crippen molar-refractivity contribution in [3.63, 3.8) is 0 Å². The quantitative estimate of drug-likeness (QED) is 0.588. The van der Waals surface area contributed by atoms with Crippen LogP contribution in [0.5, 0.6) is 0 Å². The summed E-state index contributed by atoms with van der Waals surface area (Å²) in [5.74, 6) is -0.137. The second-order valence-corrected chi connectivity index (χ2v) is 2.94. The van der Waals surface area contributed by atoms with E-state index < -0.39 is 0 Å². The van der Waals surface area contributed by atoms with Crippen LogP contribution in [0.3, 0.4) is 0 Å². The van der Waals surface area contributed by atoms with Crippen molar-refractivity contribution < 1.29 is 9.53 Å². The van der Waals surface area contributed by atoms with Crippen molar-refractivity contribution in [1.82, 2.24) is 0 Å². The van der Waals surface area contributed by atoms with Crippen LogP contribution in [0.2, 0.25) is 0 Å². The zero-order chi connectivity index (χ0) is 11.5. The second-order valence-electron chi connectivity index (χ2n) is 2.94. The molecular formula is C11H26O2. The molecular weight excluding hydrogens is 164 g/mol. The highest BCUT2D eigenvalue weighted by molar-refractivity contribution is 5.69. The summed E-state index contributed by atoms with van der Waals surface area (Å²) in [7, 11) is 0. The lowest BCUT2D eigenvalue weighted by Crippen LogP contribution is -2.23. The molecule has 0 saturated heterocycles. The van der Waals surface area contributed by atoms with E-state index >= 15 is 0 Å². The summed E-state index contributed by atoms with van der Waals surface area (Å²) in [6, 6.07) is 0. The van der Waals surface area contributed by atoms with E-state index in [0.717, 1.165) is 0 Å². The zero-order valence-electron chi connectivity index (χ0n) is 10.5. The van der Waals surface area contributed by atoms with E-state index in [2.05, 4.69) is 0 Å². The maximum absolute atomic E-state index is 10.6. The predicted octanol–water partition coefficient (Wildman–Crippen LogP) is 3.79. The van der Waals surface area contributed by atoms with Crippen LogP contribution >= 0.6 is 0 Å². The minimum Gasteiger partial charge on any atom is -0.460 e. The molecule has 0 N–H and O–H groups in total. The van der Waals surface area contributed by atoms with Crippen LogP contribution in [0, 0.1) is 0 Å². The van der Waals surface area contributed by atoms with Crippen molar-refractivity contribution in [3.8, 4) is 0 Å². The van der Waals surface area contributed by atoms with Crippen LogP contribution in [-0.4, -0.2) is 11.6 Å². The molecule has 0 radical (unpaired) electrons. The molecule has 0 aliphatic carbocycles. The van der Waals surface area contributed by atoms with Crippen LogP contribution in [-0.2, 0) is 9.53 Å². The lowest BCUT2D eigenvalue weighted by Gasteiger charge is -2.18. The number of rotatable bonds is 1. The second kappa shape index (κ2) is 11.5. The molecule has 82 valence electrons. The summed E-state index contributed by atoms with van der Waals surface area (Å²) in [4.78, 5) is 10.6. The van der Waals surface area contributed by atoms with Crippen molar-refractivity contribution in [3.05, 3.63) is 0 Å². The number of carbonyl (C=O) groups excluding carboxylic acids is 1. The highest BCUT2D eigenvalue weighted by atomic mass is 16.6. The van der Waals surface area contributed by atoms with Crippen LogP contribution < -0.4 is 0 Å². The molecule has 2 heteroatoms. The first kappa shape index (κ1) is 18.3. The lowest BCUT2D eigenvalue weighted by atomic mass is 10.2. The molecule has 0 fully saturated rings. The van der Waals surface area contributed by atoms with Crippen molar-refractivity contribution in [2.45, 2.75) is 67.4 Å². The molecule has 0 aromatic rings. The Bertz CT molecular complexity index is 101. The van der Waals surface area contributed by atoms with E-state index in [0.29, 0.717) is 6.42 Å². The van der Waals surface area contributed by atoms with E-state index in [1.165, 1.54) is 0 Å². The number of hydrogen-bond acceptors (Lipinski definition) is 2. The largest absolute Gasteiger partial charge is 0.460 e. The molecule has 0 saturated carbocycles. The first-order chi connectivity index (χ1) is 5.95. The van der Waals surface area contributed by atoms with Gasteiger partial charge in [-0.25, -0.2) is 0 Å². The SMILES string of the molecule is CC.CC.CCC(=O)OC(C)(C)C. The van der Waals surface area contributed by atoms with Gasteiger partial charge in [-0.15, -0.1) is 0 Å². The van der Waals surface area contributed by atoms with E-state index in [1.54, 1.807) is 6.92 Å². The molecule has 0 heterocycles. The minimum atomic E-state index is -0.326. The highest BCUT2D eigenvalue weighted by Crippen LogP contribution is 2.07. The van der Waals surface area contributed by atoms with Crippen LogP contribution in [0.4, 0.5) is 0 Å². The first-order valence-corrected chi connectivity index (χ1v) is 5.17. The highest BCUT2D eigenvalue weighted by Gasteiger charge is 2.13. The molecule has 0 amide bonds. The van der Waals surface area contributed by atoms with Crippen LogP contribution in [0.1, 0.15) is 61.8 Å². The zero-order valence-corrected chi connectivity index (χ0v) is 10.5. The molecule has 13 heavy (non-hydrogen) atoms. The molecule has 2 nitrogen and oxygen atoms in total. The maximum atomic E-state index is 10.6. The summed E-state index contributed by atoms with van der Waals surface area (Å²) < 4.78 is 4.95. The number of carbonyl (C=O) groups is 1. The fourth-order valence-electron chi connectivity index (χ4n) is 0.414. The Balaban J connectivity index is -0.000000218.